The molecule has 0 bridgehead atoms. The number of alkyl carbamates (subject to hydrolysis) is 1. The summed E-state index contributed by atoms with van der Waals surface area (Å²) < 4.78 is 10.2. The Bertz CT molecular complexity index is 611. The van der Waals surface area contributed by atoms with E-state index in [2.05, 4.69) is 10.6 Å². The highest BCUT2D eigenvalue weighted by atomic mass is 16.5. The van der Waals surface area contributed by atoms with Gasteiger partial charge in [-0.3, -0.25) is 4.79 Å². The molecule has 0 aliphatic rings. The van der Waals surface area contributed by atoms with Crippen LogP contribution in [0.15, 0.2) is 53.1 Å². The molecule has 1 aromatic carbocycles. The van der Waals surface area contributed by atoms with Gasteiger partial charge in [0, 0.05) is 13.0 Å². The van der Waals surface area contributed by atoms with Crippen LogP contribution in [0.25, 0.3) is 0 Å². The topological polar surface area (TPSA) is 80.6 Å². The molecule has 0 unspecified atom stereocenters. The molecule has 2 aromatic rings. The molecule has 1 aromatic heterocycles. The van der Waals surface area contributed by atoms with Gasteiger partial charge in [-0.15, -0.1) is 0 Å². The summed E-state index contributed by atoms with van der Waals surface area (Å²) in [6, 6.07) is 12.3. The van der Waals surface area contributed by atoms with Gasteiger partial charge in [-0.05, 0) is 24.6 Å². The van der Waals surface area contributed by atoms with Gasteiger partial charge in [-0.2, -0.15) is 0 Å². The van der Waals surface area contributed by atoms with E-state index >= 15 is 0 Å². The molecule has 0 spiro atoms. The van der Waals surface area contributed by atoms with Crippen LogP contribution in [0, 0.1) is 0 Å². The van der Waals surface area contributed by atoms with Gasteiger partial charge in [0.15, 0.2) is 0 Å². The van der Waals surface area contributed by atoms with Gasteiger partial charge in [-0.25, -0.2) is 4.79 Å². The van der Waals surface area contributed by atoms with E-state index in [1.165, 1.54) is 0 Å². The maximum atomic E-state index is 11.9. The third-order valence-corrected chi connectivity index (χ3v) is 3.19. The van der Waals surface area contributed by atoms with E-state index in [4.69, 9.17) is 9.15 Å². The monoisotopic (exact) mass is 316 g/mol. The zero-order chi connectivity index (χ0) is 16.5. The van der Waals surface area contributed by atoms with E-state index in [0.29, 0.717) is 13.0 Å². The summed E-state index contributed by atoms with van der Waals surface area (Å²) in [5.41, 5.74) is 0.887. The predicted octanol–water partition coefficient (Wildman–Crippen LogP) is 2.25. The number of hydrogen-bond donors (Lipinski definition) is 2. The third kappa shape index (κ3) is 5.86. The van der Waals surface area contributed by atoms with Crippen LogP contribution in [0.3, 0.4) is 0 Å². The van der Waals surface area contributed by atoms with E-state index < -0.39 is 12.1 Å². The van der Waals surface area contributed by atoms with E-state index in [-0.39, 0.29) is 12.5 Å². The van der Waals surface area contributed by atoms with Crippen molar-refractivity contribution in [3.63, 3.8) is 0 Å². The fraction of sp³-hybridized carbons (Fsp3) is 0.294. The molecule has 0 radical (unpaired) electrons. The van der Waals surface area contributed by atoms with Crippen LogP contribution in [-0.4, -0.2) is 24.6 Å². The average Bonchev–Trinajstić information content (AvgIpc) is 3.07. The highest BCUT2D eigenvalue weighted by Crippen LogP contribution is 2.01. The van der Waals surface area contributed by atoms with Gasteiger partial charge in [0.25, 0.3) is 0 Å². The summed E-state index contributed by atoms with van der Waals surface area (Å²) in [5, 5.41) is 5.23. The molecular weight excluding hydrogens is 296 g/mol. The van der Waals surface area contributed by atoms with Crippen molar-refractivity contribution in [3.05, 3.63) is 60.1 Å². The average molecular weight is 316 g/mol. The standard InChI is InChI=1S/C17H20N2O4/c1-13(16(20)18-10-9-15-8-5-11-22-15)19-17(21)23-12-14-6-3-2-4-7-14/h2-8,11,13H,9-10,12H2,1H3,(H,18,20)(H,19,21)/t13-/m0/s1. The second-order valence-electron chi connectivity index (χ2n) is 5.05. The predicted molar refractivity (Wildman–Crippen MR) is 84.6 cm³/mol. The molecule has 2 amide bonds. The van der Waals surface area contributed by atoms with Crippen LogP contribution >= 0.6 is 0 Å². The minimum absolute atomic E-state index is 0.166. The van der Waals surface area contributed by atoms with Crippen molar-refractivity contribution in [2.45, 2.75) is 26.0 Å². The van der Waals surface area contributed by atoms with Crippen molar-refractivity contribution in [2.75, 3.05) is 6.54 Å². The fourth-order valence-corrected chi connectivity index (χ4v) is 1.92. The summed E-state index contributed by atoms with van der Waals surface area (Å²) in [6.45, 7) is 2.21. The Morgan fingerprint density at radius 1 is 1.17 bits per heavy atom. The summed E-state index contributed by atoms with van der Waals surface area (Å²) in [5.74, 6) is 0.529. The van der Waals surface area contributed by atoms with E-state index in [9.17, 15) is 9.59 Å². The number of amides is 2. The fourth-order valence-electron chi connectivity index (χ4n) is 1.92. The number of furan rings is 1. The van der Waals surface area contributed by atoms with Crippen LogP contribution in [-0.2, 0) is 22.6 Å². The van der Waals surface area contributed by atoms with Crippen LogP contribution < -0.4 is 10.6 Å². The van der Waals surface area contributed by atoms with Crippen molar-refractivity contribution < 1.29 is 18.7 Å². The molecule has 0 saturated heterocycles. The van der Waals surface area contributed by atoms with Gasteiger partial charge in [0.2, 0.25) is 5.91 Å². The zero-order valence-corrected chi connectivity index (χ0v) is 13.0. The van der Waals surface area contributed by atoms with Crippen molar-refractivity contribution in [1.29, 1.82) is 0 Å². The van der Waals surface area contributed by atoms with Crippen LogP contribution in [0.2, 0.25) is 0 Å². The van der Waals surface area contributed by atoms with Crippen LogP contribution in [0.1, 0.15) is 18.2 Å². The molecule has 6 nitrogen and oxygen atoms in total. The van der Waals surface area contributed by atoms with Gasteiger partial charge < -0.3 is 19.8 Å². The molecule has 1 heterocycles. The lowest BCUT2D eigenvalue weighted by Gasteiger charge is -2.14. The number of carbonyl (C=O) groups is 2. The largest absolute Gasteiger partial charge is 0.469 e. The first-order valence-corrected chi connectivity index (χ1v) is 7.42. The van der Waals surface area contributed by atoms with Crippen molar-refractivity contribution >= 4 is 12.0 Å². The van der Waals surface area contributed by atoms with Crippen LogP contribution in [0.5, 0.6) is 0 Å². The SMILES string of the molecule is C[C@H](NC(=O)OCc1ccccc1)C(=O)NCCc1ccco1. The Labute approximate surface area is 134 Å². The zero-order valence-electron chi connectivity index (χ0n) is 13.0. The lowest BCUT2D eigenvalue weighted by atomic mass is 10.2. The quantitative estimate of drug-likeness (QED) is 0.821. The second kappa shape index (κ2) is 8.63. The molecule has 23 heavy (non-hydrogen) atoms. The molecule has 1 atom stereocenters. The maximum Gasteiger partial charge on any atom is 0.408 e. The summed E-state index contributed by atoms with van der Waals surface area (Å²) >= 11 is 0. The Hall–Kier alpha value is -2.76. The summed E-state index contributed by atoms with van der Waals surface area (Å²) in [6.07, 6.45) is 1.57. The van der Waals surface area contributed by atoms with Crippen molar-refractivity contribution in [1.82, 2.24) is 10.6 Å². The Kier molecular flexibility index (Phi) is 6.23. The first-order chi connectivity index (χ1) is 11.1. The van der Waals surface area contributed by atoms with Crippen LogP contribution in [0.4, 0.5) is 4.79 Å². The lowest BCUT2D eigenvalue weighted by molar-refractivity contribution is -0.122. The number of rotatable bonds is 7. The smallest absolute Gasteiger partial charge is 0.408 e. The molecule has 2 N–H and O–H groups in total. The number of ether oxygens (including phenoxy) is 1. The molecule has 0 aliphatic heterocycles. The maximum absolute atomic E-state index is 11.9. The van der Waals surface area contributed by atoms with Gasteiger partial charge in [-0.1, -0.05) is 30.3 Å². The number of nitrogens with one attached hydrogen (secondary N) is 2. The highest BCUT2D eigenvalue weighted by Gasteiger charge is 2.16. The number of benzene rings is 1. The third-order valence-electron chi connectivity index (χ3n) is 3.19. The lowest BCUT2D eigenvalue weighted by Crippen LogP contribution is -2.45. The molecule has 0 saturated carbocycles. The molecular formula is C17H20N2O4. The summed E-state index contributed by atoms with van der Waals surface area (Å²) in [7, 11) is 0. The van der Waals surface area contributed by atoms with E-state index in [1.54, 1.807) is 19.3 Å². The molecule has 6 heteroatoms. The van der Waals surface area contributed by atoms with Gasteiger partial charge >= 0.3 is 6.09 Å². The minimum Gasteiger partial charge on any atom is -0.469 e. The molecule has 2 rings (SSSR count). The Morgan fingerprint density at radius 3 is 2.65 bits per heavy atom. The molecule has 122 valence electrons. The van der Waals surface area contributed by atoms with Crippen molar-refractivity contribution in [2.24, 2.45) is 0 Å². The first kappa shape index (κ1) is 16.6. The summed E-state index contributed by atoms with van der Waals surface area (Å²) in [4.78, 5) is 23.5. The molecule has 0 aliphatic carbocycles. The Balaban J connectivity index is 1.65. The van der Waals surface area contributed by atoms with E-state index in [1.807, 2.05) is 36.4 Å². The second-order valence-corrected chi connectivity index (χ2v) is 5.05. The van der Waals surface area contributed by atoms with E-state index in [0.717, 1.165) is 11.3 Å². The van der Waals surface area contributed by atoms with Gasteiger partial charge in [0.1, 0.15) is 18.4 Å². The number of carbonyl (C=O) groups excluding carboxylic acids is 2. The first-order valence-electron chi connectivity index (χ1n) is 7.42. The minimum atomic E-state index is -0.671. The molecule has 0 fully saturated rings. The normalized spacial score (nSPS) is 11.5. The Morgan fingerprint density at radius 2 is 1.96 bits per heavy atom. The highest BCUT2D eigenvalue weighted by molar-refractivity contribution is 5.85. The van der Waals surface area contributed by atoms with Crippen molar-refractivity contribution in [3.8, 4) is 0 Å². The number of hydrogen-bond acceptors (Lipinski definition) is 4. The van der Waals surface area contributed by atoms with Gasteiger partial charge in [0.05, 0.1) is 6.26 Å².